The second kappa shape index (κ2) is 5.93. The molecule has 0 amide bonds. The van der Waals surface area contributed by atoms with Crippen molar-refractivity contribution in [1.29, 1.82) is 5.26 Å². The molecule has 0 aliphatic rings. The number of hydrogen-bond donors (Lipinski definition) is 1. The van der Waals surface area contributed by atoms with Crippen LogP contribution < -0.4 is 16.1 Å². The fourth-order valence-electron chi connectivity index (χ4n) is 2.72. The highest BCUT2D eigenvalue weighted by Gasteiger charge is 2.12. The van der Waals surface area contributed by atoms with E-state index in [1.54, 1.807) is 36.5 Å². The van der Waals surface area contributed by atoms with Gasteiger partial charge in [0, 0.05) is 16.9 Å². The van der Waals surface area contributed by atoms with Crippen LogP contribution in [-0.2, 0) is 0 Å². The van der Waals surface area contributed by atoms with Crippen LogP contribution in [0.25, 0.3) is 22.9 Å². The molecule has 0 saturated carbocycles. The maximum Gasteiger partial charge on any atom is 0.265 e. The van der Waals surface area contributed by atoms with Crippen LogP contribution >= 0.6 is 11.6 Å². The Balaban J connectivity index is 1.95. The van der Waals surface area contributed by atoms with E-state index in [0.29, 0.717) is 32.5 Å². The smallest absolute Gasteiger partial charge is 0.265 e. The number of nitrogens with zero attached hydrogens (tertiary/aromatic N) is 3. The third kappa shape index (κ3) is 2.59. The molecule has 0 radical (unpaired) electrons. The van der Waals surface area contributed by atoms with E-state index in [-0.39, 0.29) is 5.56 Å². The topological polar surface area (TPSA) is 70.2 Å². The molecule has 6 heteroatoms. The maximum absolute atomic E-state index is 12.9. The molecule has 1 N–H and O–H groups in total. The number of hydrogen-bond acceptors (Lipinski definition) is 4. The van der Waals surface area contributed by atoms with Gasteiger partial charge in [-0.1, -0.05) is 23.7 Å². The van der Waals surface area contributed by atoms with Gasteiger partial charge in [0.25, 0.3) is 5.56 Å². The predicted octanol–water partition coefficient (Wildman–Crippen LogP) is 2.94. The Morgan fingerprint density at radius 1 is 1.16 bits per heavy atom. The Labute approximate surface area is 147 Å². The lowest BCUT2D eigenvalue weighted by Gasteiger charge is -2.01. The number of nitrogens with one attached hydrogen (secondary N) is 1. The fraction of sp³-hybridized carbons (Fsp3) is 0. The van der Waals surface area contributed by atoms with Crippen LogP contribution in [0.3, 0.4) is 0 Å². The van der Waals surface area contributed by atoms with E-state index in [1.165, 1.54) is 4.40 Å². The van der Waals surface area contributed by atoms with Crippen molar-refractivity contribution in [2.45, 2.75) is 0 Å². The molecule has 0 unspecified atom stereocenters. The van der Waals surface area contributed by atoms with Gasteiger partial charge in [-0.25, -0.2) is 4.98 Å². The van der Waals surface area contributed by atoms with Gasteiger partial charge in [-0.15, -0.1) is 0 Å². The van der Waals surface area contributed by atoms with Crippen molar-refractivity contribution >= 4 is 40.2 Å². The zero-order valence-electron chi connectivity index (χ0n) is 12.9. The van der Waals surface area contributed by atoms with Gasteiger partial charge >= 0.3 is 0 Å². The van der Waals surface area contributed by atoms with Gasteiger partial charge in [0.2, 0.25) is 0 Å². The van der Waals surface area contributed by atoms with E-state index in [2.05, 4.69) is 16.4 Å². The van der Waals surface area contributed by atoms with Gasteiger partial charge in [0.05, 0.1) is 21.8 Å². The molecular formula is C19H11ClN4O. The molecule has 0 atom stereocenters. The number of aromatic nitrogens is 2. The maximum atomic E-state index is 12.9. The molecule has 4 rings (SSSR count). The molecule has 2 aromatic carbocycles. The molecular weight excluding hydrogens is 336 g/mol. The first kappa shape index (κ1) is 15.2. The Bertz CT molecular complexity index is 1250. The summed E-state index contributed by atoms with van der Waals surface area (Å²) in [5.41, 5.74) is 2.64. The van der Waals surface area contributed by atoms with Crippen LogP contribution in [-0.4, -0.2) is 9.38 Å². The Kier molecular flexibility index (Phi) is 3.60. The van der Waals surface area contributed by atoms with Crippen LogP contribution in [0, 0.1) is 11.3 Å². The normalized spacial score (nSPS) is 11.8. The summed E-state index contributed by atoms with van der Waals surface area (Å²) in [7, 11) is 0. The SMILES string of the molecule is N#Cc1c/c(=C/Nc2ccc(Cl)cc2)c(=O)n2c1nc1ccccc12. The highest BCUT2D eigenvalue weighted by Crippen LogP contribution is 2.16. The number of halogens is 1. The summed E-state index contributed by atoms with van der Waals surface area (Å²) in [5, 5.41) is 13.5. The lowest BCUT2D eigenvalue weighted by molar-refractivity contribution is 1.12. The van der Waals surface area contributed by atoms with Crippen molar-refractivity contribution in [3.63, 3.8) is 0 Å². The van der Waals surface area contributed by atoms with Gasteiger partial charge in [-0.3, -0.25) is 9.20 Å². The highest BCUT2D eigenvalue weighted by atomic mass is 35.5. The first-order valence-corrected chi connectivity index (χ1v) is 7.92. The zero-order chi connectivity index (χ0) is 17.4. The minimum absolute atomic E-state index is 0.232. The Morgan fingerprint density at radius 2 is 1.92 bits per heavy atom. The fourth-order valence-corrected chi connectivity index (χ4v) is 2.84. The van der Waals surface area contributed by atoms with Crippen molar-refractivity contribution in [1.82, 2.24) is 9.38 Å². The van der Waals surface area contributed by atoms with Crippen molar-refractivity contribution < 1.29 is 0 Å². The molecule has 120 valence electrons. The number of pyridine rings is 1. The number of benzene rings is 2. The summed E-state index contributed by atoms with van der Waals surface area (Å²) in [6, 6.07) is 18.1. The van der Waals surface area contributed by atoms with Crippen molar-refractivity contribution in [3.05, 3.63) is 80.8 Å². The molecule has 25 heavy (non-hydrogen) atoms. The van der Waals surface area contributed by atoms with Gasteiger partial charge in [0.15, 0.2) is 5.65 Å². The predicted molar refractivity (Wildman–Crippen MR) is 98.4 cm³/mol. The lowest BCUT2D eigenvalue weighted by atomic mass is 10.2. The monoisotopic (exact) mass is 346 g/mol. The van der Waals surface area contributed by atoms with Crippen LogP contribution in [0.15, 0.2) is 59.4 Å². The molecule has 0 bridgehead atoms. The molecule has 4 aromatic rings. The minimum Gasteiger partial charge on any atom is -0.361 e. The molecule has 5 nitrogen and oxygen atoms in total. The number of imidazole rings is 1. The Hall–Kier alpha value is -3.36. The lowest BCUT2D eigenvalue weighted by Crippen LogP contribution is -2.32. The van der Waals surface area contributed by atoms with Crippen molar-refractivity contribution in [2.75, 3.05) is 5.32 Å². The largest absolute Gasteiger partial charge is 0.361 e. The number of anilines is 1. The second-order valence-corrected chi connectivity index (χ2v) is 5.92. The van der Waals surface area contributed by atoms with Crippen LogP contribution in [0.2, 0.25) is 5.02 Å². The molecule has 2 heterocycles. The molecule has 0 fully saturated rings. The third-order valence-electron chi connectivity index (χ3n) is 3.91. The van der Waals surface area contributed by atoms with E-state index in [1.807, 2.05) is 24.3 Å². The van der Waals surface area contributed by atoms with E-state index in [4.69, 9.17) is 11.6 Å². The molecule has 2 aromatic heterocycles. The first-order chi connectivity index (χ1) is 12.2. The average molecular weight is 347 g/mol. The molecule has 0 aliphatic carbocycles. The highest BCUT2D eigenvalue weighted by molar-refractivity contribution is 6.30. The standard InChI is InChI=1S/C19H11ClN4O/c20-14-5-7-15(8-6-14)22-11-13-9-12(10-21)18-23-16-3-1-2-4-17(16)24(18)19(13)25/h1-9,11,22H/b13-11-. The number of para-hydroxylation sites is 2. The summed E-state index contributed by atoms with van der Waals surface area (Å²) < 4.78 is 1.48. The third-order valence-corrected chi connectivity index (χ3v) is 4.16. The van der Waals surface area contributed by atoms with Gasteiger partial charge < -0.3 is 5.32 Å². The first-order valence-electron chi connectivity index (χ1n) is 7.54. The van der Waals surface area contributed by atoms with Crippen molar-refractivity contribution in [2.24, 2.45) is 0 Å². The summed E-state index contributed by atoms with van der Waals surface area (Å²) in [4.78, 5) is 17.3. The van der Waals surface area contributed by atoms with E-state index in [9.17, 15) is 10.1 Å². The summed E-state index contributed by atoms with van der Waals surface area (Å²) in [6.07, 6.45) is 1.58. The minimum atomic E-state index is -0.232. The quantitative estimate of drug-likeness (QED) is 0.606. The van der Waals surface area contributed by atoms with E-state index < -0.39 is 0 Å². The van der Waals surface area contributed by atoms with Gasteiger partial charge in [0.1, 0.15) is 6.07 Å². The zero-order valence-corrected chi connectivity index (χ0v) is 13.7. The molecule has 0 spiro atoms. The van der Waals surface area contributed by atoms with Gasteiger partial charge in [-0.2, -0.15) is 5.26 Å². The summed E-state index contributed by atoms with van der Waals surface area (Å²) >= 11 is 5.87. The Morgan fingerprint density at radius 3 is 2.68 bits per heavy atom. The number of rotatable bonds is 2. The van der Waals surface area contributed by atoms with E-state index in [0.717, 1.165) is 5.69 Å². The second-order valence-electron chi connectivity index (χ2n) is 5.49. The van der Waals surface area contributed by atoms with Crippen molar-refractivity contribution in [3.8, 4) is 6.07 Å². The van der Waals surface area contributed by atoms with Gasteiger partial charge in [-0.05, 0) is 42.5 Å². The molecule has 0 saturated heterocycles. The molecule has 0 aliphatic heterocycles. The number of fused-ring (bicyclic) bond motifs is 3. The summed E-state index contributed by atoms with van der Waals surface area (Å²) in [6.45, 7) is 0. The van der Waals surface area contributed by atoms with Crippen LogP contribution in [0.1, 0.15) is 5.56 Å². The van der Waals surface area contributed by atoms with Crippen LogP contribution in [0.4, 0.5) is 5.69 Å². The average Bonchev–Trinajstić information content (AvgIpc) is 3.02. The van der Waals surface area contributed by atoms with Crippen LogP contribution in [0.5, 0.6) is 0 Å². The number of nitriles is 1. The summed E-state index contributed by atoms with van der Waals surface area (Å²) in [5.74, 6) is 0. The van der Waals surface area contributed by atoms with E-state index >= 15 is 0 Å².